The highest BCUT2D eigenvalue weighted by Crippen LogP contribution is 2.45. The Balaban J connectivity index is 1.38. The van der Waals surface area contributed by atoms with Crippen molar-refractivity contribution in [1.29, 1.82) is 0 Å². The van der Waals surface area contributed by atoms with Gasteiger partial charge >= 0.3 is 6.18 Å². The second kappa shape index (κ2) is 9.82. The maximum absolute atomic E-state index is 13.4. The van der Waals surface area contributed by atoms with Crippen molar-refractivity contribution in [3.05, 3.63) is 59.6 Å². The first-order chi connectivity index (χ1) is 19.5. The molecule has 0 atom stereocenters. The quantitative estimate of drug-likeness (QED) is 0.277. The van der Waals surface area contributed by atoms with E-state index in [9.17, 15) is 18.3 Å². The number of hydrogen-bond acceptors (Lipinski definition) is 8. The zero-order valence-electron chi connectivity index (χ0n) is 22.8. The minimum Gasteiger partial charge on any atom is -0.508 e. The number of methoxy groups -OCH3 is 1. The van der Waals surface area contributed by atoms with E-state index in [1.54, 1.807) is 51.0 Å². The predicted molar refractivity (Wildman–Crippen MR) is 143 cm³/mol. The molecule has 0 unspecified atom stereocenters. The number of hydrogen-bond donors (Lipinski definition) is 1. The van der Waals surface area contributed by atoms with Crippen molar-refractivity contribution < 1.29 is 23.0 Å². The number of aromatic hydroxyl groups is 1. The molecule has 10 nitrogen and oxygen atoms in total. The van der Waals surface area contributed by atoms with Gasteiger partial charge in [-0.3, -0.25) is 4.68 Å². The standard InChI is InChI=1S/C28H27F3N8O2/c1-14(2)39-12-21(28(29,30)31)35-26(39)17-8-7-16(20(40)10-17)9-18-24-19(38(3)37-18)11-32-25(36-24)22-23(15-5-6-15)33-13-34-27(22)41-4/h7-8,10-15,40H,5-6,9H2,1-4H3. The molecule has 212 valence electrons. The van der Waals surface area contributed by atoms with Gasteiger partial charge < -0.3 is 14.4 Å². The van der Waals surface area contributed by atoms with E-state index < -0.39 is 11.9 Å². The molecule has 1 fully saturated rings. The highest BCUT2D eigenvalue weighted by atomic mass is 19.4. The fourth-order valence-electron chi connectivity index (χ4n) is 4.93. The maximum Gasteiger partial charge on any atom is 0.434 e. The maximum atomic E-state index is 13.4. The third-order valence-corrected chi connectivity index (χ3v) is 7.17. The van der Waals surface area contributed by atoms with Crippen LogP contribution >= 0.6 is 0 Å². The Morgan fingerprint density at radius 3 is 2.56 bits per heavy atom. The van der Waals surface area contributed by atoms with Crippen LogP contribution in [0.15, 0.2) is 36.9 Å². The Morgan fingerprint density at radius 1 is 1.12 bits per heavy atom. The molecule has 1 saturated carbocycles. The molecule has 4 heterocycles. The van der Waals surface area contributed by atoms with Gasteiger partial charge in [-0.1, -0.05) is 12.1 Å². The van der Waals surface area contributed by atoms with Gasteiger partial charge in [-0.25, -0.2) is 24.9 Å². The van der Waals surface area contributed by atoms with Gasteiger partial charge in [0.05, 0.1) is 24.7 Å². The summed E-state index contributed by atoms with van der Waals surface area (Å²) in [6.45, 7) is 3.54. The van der Waals surface area contributed by atoms with Gasteiger partial charge in [0.25, 0.3) is 0 Å². The molecule has 1 aromatic carbocycles. The number of phenols is 1. The van der Waals surface area contributed by atoms with E-state index in [-0.39, 0.29) is 24.0 Å². The van der Waals surface area contributed by atoms with Gasteiger partial charge in [0.2, 0.25) is 5.88 Å². The molecule has 0 saturated heterocycles. The van der Waals surface area contributed by atoms with Crippen LogP contribution in [0.4, 0.5) is 13.2 Å². The van der Waals surface area contributed by atoms with E-state index in [0.717, 1.165) is 24.7 Å². The molecule has 0 radical (unpaired) electrons. The number of aromatic nitrogens is 8. The first-order valence-corrected chi connectivity index (χ1v) is 13.1. The Morgan fingerprint density at radius 2 is 1.90 bits per heavy atom. The summed E-state index contributed by atoms with van der Waals surface area (Å²) in [6, 6.07) is 4.48. The normalized spacial score (nSPS) is 13.9. The lowest BCUT2D eigenvalue weighted by Crippen LogP contribution is -2.05. The van der Waals surface area contributed by atoms with E-state index in [2.05, 4.69) is 25.0 Å². The van der Waals surface area contributed by atoms with E-state index >= 15 is 0 Å². The fourth-order valence-corrected chi connectivity index (χ4v) is 4.93. The van der Waals surface area contributed by atoms with Crippen LogP contribution in [0.25, 0.3) is 33.8 Å². The van der Waals surface area contributed by atoms with Crippen molar-refractivity contribution in [1.82, 2.24) is 39.3 Å². The van der Waals surface area contributed by atoms with E-state index in [1.165, 1.54) is 17.0 Å². The van der Waals surface area contributed by atoms with Gasteiger partial charge in [-0.2, -0.15) is 18.3 Å². The summed E-state index contributed by atoms with van der Waals surface area (Å²) in [5, 5.41) is 15.6. The fraction of sp³-hybridized carbons (Fsp3) is 0.357. The minimum absolute atomic E-state index is 0.0865. The molecule has 5 aromatic rings. The van der Waals surface area contributed by atoms with Crippen molar-refractivity contribution >= 4 is 11.0 Å². The smallest absolute Gasteiger partial charge is 0.434 e. The molecule has 1 aliphatic rings. The second-order valence-corrected chi connectivity index (χ2v) is 10.4. The van der Waals surface area contributed by atoms with Gasteiger partial charge in [0.15, 0.2) is 11.5 Å². The summed E-state index contributed by atoms with van der Waals surface area (Å²) in [6.07, 6.45) is 1.86. The Labute approximate surface area is 232 Å². The molecule has 1 N–H and O–H groups in total. The number of imidazole rings is 1. The molecular formula is C28H27F3N8O2. The highest BCUT2D eigenvalue weighted by Gasteiger charge is 2.35. The molecule has 0 bridgehead atoms. The number of fused-ring (bicyclic) bond motifs is 1. The SMILES string of the molecule is COc1ncnc(C2CC2)c1-c1ncc2c(n1)c(Cc1ccc(-c3nc(C(F)(F)F)cn3C(C)C)cc1O)nn2C. The van der Waals surface area contributed by atoms with Crippen LogP contribution in [0, 0.1) is 0 Å². The summed E-state index contributed by atoms with van der Waals surface area (Å²) < 4.78 is 48.7. The number of alkyl halides is 3. The van der Waals surface area contributed by atoms with Crippen LogP contribution in [-0.4, -0.2) is 51.5 Å². The van der Waals surface area contributed by atoms with E-state index in [1.807, 2.05) is 0 Å². The van der Waals surface area contributed by atoms with Gasteiger partial charge in [0, 0.05) is 42.8 Å². The first-order valence-electron chi connectivity index (χ1n) is 13.1. The summed E-state index contributed by atoms with van der Waals surface area (Å²) in [4.78, 5) is 22.0. The molecular weight excluding hydrogens is 537 g/mol. The van der Waals surface area contributed by atoms with Crippen molar-refractivity contribution in [2.45, 2.75) is 51.2 Å². The molecule has 0 amide bonds. The van der Waals surface area contributed by atoms with E-state index in [0.29, 0.717) is 51.0 Å². The summed E-state index contributed by atoms with van der Waals surface area (Å²) in [7, 11) is 3.32. The molecule has 41 heavy (non-hydrogen) atoms. The van der Waals surface area contributed by atoms with Crippen LogP contribution in [0.2, 0.25) is 0 Å². The van der Waals surface area contributed by atoms with Gasteiger partial charge in [-0.15, -0.1) is 0 Å². The summed E-state index contributed by atoms with van der Waals surface area (Å²) in [5.41, 5.74) is 3.32. The molecule has 0 spiro atoms. The van der Waals surface area contributed by atoms with Crippen LogP contribution in [0.5, 0.6) is 11.6 Å². The number of phenolic OH excluding ortho intramolecular Hbond substituents is 1. The minimum atomic E-state index is -4.58. The van der Waals surface area contributed by atoms with Crippen LogP contribution in [0.3, 0.4) is 0 Å². The number of ether oxygens (including phenoxy) is 1. The van der Waals surface area contributed by atoms with Crippen molar-refractivity contribution in [2.24, 2.45) is 7.05 Å². The van der Waals surface area contributed by atoms with Crippen molar-refractivity contribution in [3.63, 3.8) is 0 Å². The average Bonchev–Trinajstić information content (AvgIpc) is 3.60. The number of rotatable bonds is 7. The topological polar surface area (TPSA) is 117 Å². The Bertz CT molecular complexity index is 1770. The summed E-state index contributed by atoms with van der Waals surface area (Å²) >= 11 is 0. The molecule has 0 aliphatic heterocycles. The van der Waals surface area contributed by atoms with Crippen molar-refractivity contribution in [3.8, 4) is 34.4 Å². The number of nitrogens with zero attached hydrogens (tertiary/aromatic N) is 8. The number of halogens is 3. The zero-order valence-corrected chi connectivity index (χ0v) is 22.8. The van der Waals surface area contributed by atoms with E-state index in [4.69, 9.17) is 9.72 Å². The average molecular weight is 565 g/mol. The monoisotopic (exact) mass is 564 g/mol. The number of benzene rings is 1. The summed E-state index contributed by atoms with van der Waals surface area (Å²) in [5.74, 6) is 1.17. The Hall–Kier alpha value is -4.55. The lowest BCUT2D eigenvalue weighted by Gasteiger charge is -2.12. The molecule has 13 heteroatoms. The predicted octanol–water partition coefficient (Wildman–Crippen LogP) is 5.47. The van der Waals surface area contributed by atoms with Crippen LogP contribution < -0.4 is 4.74 Å². The van der Waals surface area contributed by atoms with Crippen molar-refractivity contribution in [2.75, 3.05) is 7.11 Å². The molecule has 6 rings (SSSR count). The molecule has 1 aliphatic carbocycles. The zero-order chi connectivity index (χ0) is 29.1. The second-order valence-electron chi connectivity index (χ2n) is 10.4. The molecule has 4 aromatic heterocycles. The van der Waals surface area contributed by atoms with Gasteiger partial charge in [0.1, 0.15) is 34.5 Å². The first kappa shape index (κ1) is 26.7. The van der Waals surface area contributed by atoms with Gasteiger partial charge in [-0.05, 0) is 32.8 Å². The van der Waals surface area contributed by atoms with Crippen LogP contribution in [-0.2, 0) is 19.6 Å². The Kier molecular flexibility index (Phi) is 6.39. The number of aryl methyl sites for hydroxylation is 1. The highest BCUT2D eigenvalue weighted by molar-refractivity contribution is 5.80. The largest absolute Gasteiger partial charge is 0.508 e. The third-order valence-electron chi connectivity index (χ3n) is 7.17. The lowest BCUT2D eigenvalue weighted by molar-refractivity contribution is -0.140. The van der Waals surface area contributed by atoms with Crippen LogP contribution in [0.1, 0.15) is 61.3 Å². The lowest BCUT2D eigenvalue weighted by atomic mass is 10.0. The third kappa shape index (κ3) is 4.85.